The van der Waals surface area contributed by atoms with E-state index in [-0.39, 0.29) is 5.97 Å². The summed E-state index contributed by atoms with van der Waals surface area (Å²) in [5, 5.41) is 0. The number of hydrogen-bond donors (Lipinski definition) is 0. The second-order valence-electron chi connectivity index (χ2n) is 4.44. The van der Waals surface area contributed by atoms with Crippen LogP contribution in [0.2, 0.25) is 0 Å². The van der Waals surface area contributed by atoms with Crippen LogP contribution in [0.3, 0.4) is 0 Å². The summed E-state index contributed by atoms with van der Waals surface area (Å²) >= 11 is 0. The van der Waals surface area contributed by atoms with Crippen molar-refractivity contribution in [3.8, 4) is 0 Å². The number of carbonyl (C=O) groups is 2. The highest BCUT2D eigenvalue weighted by atomic mass is 16.6. The van der Waals surface area contributed by atoms with E-state index in [2.05, 4.69) is 4.74 Å². The van der Waals surface area contributed by atoms with Crippen molar-refractivity contribution in [2.24, 2.45) is 0 Å². The predicted octanol–water partition coefficient (Wildman–Crippen LogP) is 2.39. The first-order valence-corrected chi connectivity index (χ1v) is 5.48. The van der Waals surface area contributed by atoms with E-state index in [4.69, 9.17) is 4.74 Å². The molecular weight excluding hydrogens is 220 g/mol. The Hall–Kier alpha value is -1.58. The second kappa shape index (κ2) is 7.65. The number of ether oxygens (including phenoxy) is 2. The molecule has 0 unspecified atom stereocenters. The number of rotatable bonds is 5. The molecule has 0 rings (SSSR count). The summed E-state index contributed by atoms with van der Waals surface area (Å²) in [6.45, 7) is 5.50. The minimum atomic E-state index is -0.439. The molecule has 0 aliphatic rings. The van der Waals surface area contributed by atoms with Crippen LogP contribution in [0.1, 0.15) is 33.6 Å². The van der Waals surface area contributed by atoms with E-state index in [1.807, 2.05) is 20.8 Å². The van der Waals surface area contributed by atoms with E-state index in [9.17, 15) is 9.59 Å². The van der Waals surface area contributed by atoms with Crippen molar-refractivity contribution in [2.45, 2.75) is 39.2 Å². The number of allylic oxidation sites excluding steroid dienone is 3. The topological polar surface area (TPSA) is 52.6 Å². The highest BCUT2D eigenvalue weighted by molar-refractivity contribution is 5.82. The lowest BCUT2D eigenvalue weighted by atomic mass is 10.2. The van der Waals surface area contributed by atoms with Gasteiger partial charge in [0, 0.05) is 12.5 Å². The normalized spacial score (nSPS) is 12.0. The van der Waals surface area contributed by atoms with Gasteiger partial charge in [0.25, 0.3) is 0 Å². The van der Waals surface area contributed by atoms with E-state index in [1.165, 1.54) is 13.2 Å². The number of carbonyl (C=O) groups excluding carboxylic acids is 2. The van der Waals surface area contributed by atoms with Gasteiger partial charge in [-0.1, -0.05) is 18.2 Å². The zero-order valence-electron chi connectivity index (χ0n) is 10.9. The minimum absolute atomic E-state index is 0.223. The molecule has 0 N–H and O–H groups in total. The van der Waals surface area contributed by atoms with Crippen LogP contribution in [0.15, 0.2) is 24.3 Å². The highest BCUT2D eigenvalue weighted by Gasteiger charge is 2.14. The maximum atomic E-state index is 11.3. The van der Waals surface area contributed by atoms with Crippen LogP contribution >= 0.6 is 0 Å². The van der Waals surface area contributed by atoms with E-state index in [0.717, 1.165) is 0 Å². The van der Waals surface area contributed by atoms with Gasteiger partial charge in [0.15, 0.2) is 0 Å². The van der Waals surface area contributed by atoms with E-state index >= 15 is 0 Å². The van der Waals surface area contributed by atoms with Crippen molar-refractivity contribution >= 4 is 11.9 Å². The van der Waals surface area contributed by atoms with E-state index in [1.54, 1.807) is 18.2 Å². The smallest absolute Gasteiger partial charge is 0.330 e. The van der Waals surface area contributed by atoms with E-state index in [0.29, 0.717) is 12.8 Å². The zero-order chi connectivity index (χ0) is 13.3. The highest BCUT2D eigenvalue weighted by Crippen LogP contribution is 2.09. The largest absolute Gasteiger partial charge is 0.466 e. The first-order chi connectivity index (χ1) is 7.85. The first-order valence-electron chi connectivity index (χ1n) is 5.48. The van der Waals surface area contributed by atoms with Gasteiger partial charge in [0.05, 0.1) is 7.11 Å². The van der Waals surface area contributed by atoms with Gasteiger partial charge in [0.2, 0.25) is 0 Å². The van der Waals surface area contributed by atoms with Crippen molar-refractivity contribution in [1.29, 1.82) is 0 Å². The van der Waals surface area contributed by atoms with Gasteiger partial charge in [-0.2, -0.15) is 0 Å². The third-order valence-electron chi connectivity index (χ3n) is 1.62. The summed E-state index contributed by atoms with van der Waals surface area (Å²) in [7, 11) is 1.32. The molecule has 0 amide bonds. The molecule has 0 atom stereocenters. The Morgan fingerprint density at radius 3 is 2.35 bits per heavy atom. The van der Waals surface area contributed by atoms with Gasteiger partial charge in [-0.15, -0.1) is 0 Å². The molecule has 0 aromatic heterocycles. The molecule has 0 aromatic carbocycles. The number of methoxy groups -OCH3 is 1. The SMILES string of the molecule is COC(=O)/C=C/C=C/CCC(=O)OC(C)(C)C. The molecule has 0 aliphatic carbocycles. The molecule has 0 spiro atoms. The summed E-state index contributed by atoms with van der Waals surface area (Å²) in [5.41, 5.74) is -0.439. The van der Waals surface area contributed by atoms with Gasteiger partial charge in [-0.25, -0.2) is 4.79 Å². The molecule has 4 nitrogen and oxygen atoms in total. The number of esters is 2. The molecule has 0 radical (unpaired) electrons. The quantitative estimate of drug-likeness (QED) is 0.420. The Morgan fingerprint density at radius 1 is 1.18 bits per heavy atom. The lowest BCUT2D eigenvalue weighted by Crippen LogP contribution is -2.23. The standard InChI is InChI=1S/C13H20O4/c1-13(2,3)17-12(15)10-8-6-5-7-9-11(14)16-4/h5-7,9H,8,10H2,1-4H3/b6-5+,9-7+. The van der Waals surface area contributed by atoms with Crippen LogP contribution < -0.4 is 0 Å². The lowest BCUT2D eigenvalue weighted by molar-refractivity contribution is -0.154. The summed E-state index contributed by atoms with van der Waals surface area (Å²) in [5.74, 6) is -0.624. The third-order valence-corrected chi connectivity index (χ3v) is 1.62. The Kier molecular flexibility index (Phi) is 6.94. The lowest BCUT2D eigenvalue weighted by Gasteiger charge is -2.19. The first kappa shape index (κ1) is 15.4. The fourth-order valence-electron chi connectivity index (χ4n) is 0.971. The van der Waals surface area contributed by atoms with E-state index < -0.39 is 11.6 Å². The minimum Gasteiger partial charge on any atom is -0.466 e. The molecule has 0 aromatic rings. The molecule has 17 heavy (non-hydrogen) atoms. The molecule has 96 valence electrons. The Bertz CT molecular complexity index is 308. The fourth-order valence-corrected chi connectivity index (χ4v) is 0.971. The van der Waals surface area contributed by atoms with Gasteiger partial charge < -0.3 is 9.47 Å². The van der Waals surface area contributed by atoms with Crippen molar-refractivity contribution in [2.75, 3.05) is 7.11 Å². The molecule has 0 bridgehead atoms. The average Bonchev–Trinajstić information content (AvgIpc) is 2.20. The molecule has 4 heteroatoms. The van der Waals surface area contributed by atoms with Crippen LogP contribution in [-0.4, -0.2) is 24.6 Å². The van der Waals surface area contributed by atoms with Crippen LogP contribution in [0.5, 0.6) is 0 Å². The van der Waals surface area contributed by atoms with Crippen LogP contribution in [0.4, 0.5) is 0 Å². The monoisotopic (exact) mass is 240 g/mol. The third kappa shape index (κ3) is 10.7. The molecule has 0 heterocycles. The number of hydrogen-bond acceptors (Lipinski definition) is 4. The summed E-state index contributed by atoms with van der Waals surface area (Å²) in [4.78, 5) is 22.0. The fraction of sp³-hybridized carbons (Fsp3) is 0.538. The van der Waals surface area contributed by atoms with Gasteiger partial charge >= 0.3 is 11.9 Å². The Morgan fingerprint density at radius 2 is 1.82 bits per heavy atom. The second-order valence-corrected chi connectivity index (χ2v) is 4.44. The van der Waals surface area contributed by atoms with Crippen LogP contribution in [0, 0.1) is 0 Å². The summed E-state index contributed by atoms with van der Waals surface area (Å²) < 4.78 is 9.55. The van der Waals surface area contributed by atoms with Crippen molar-refractivity contribution in [3.05, 3.63) is 24.3 Å². The summed E-state index contributed by atoms with van der Waals surface area (Å²) in [6, 6.07) is 0. The molecule has 0 saturated heterocycles. The Labute approximate surface area is 102 Å². The van der Waals surface area contributed by atoms with Crippen molar-refractivity contribution in [3.63, 3.8) is 0 Å². The van der Waals surface area contributed by atoms with Crippen LogP contribution in [0.25, 0.3) is 0 Å². The molecular formula is C13H20O4. The molecule has 0 aliphatic heterocycles. The maximum Gasteiger partial charge on any atom is 0.330 e. The average molecular weight is 240 g/mol. The van der Waals surface area contributed by atoms with Crippen molar-refractivity contribution < 1.29 is 19.1 Å². The molecule has 0 saturated carbocycles. The van der Waals surface area contributed by atoms with Gasteiger partial charge in [-0.05, 0) is 27.2 Å². The summed E-state index contributed by atoms with van der Waals surface area (Å²) in [6.07, 6.45) is 7.29. The van der Waals surface area contributed by atoms with Crippen molar-refractivity contribution in [1.82, 2.24) is 0 Å². The Balaban J connectivity index is 3.77. The van der Waals surface area contributed by atoms with Gasteiger partial charge in [-0.3, -0.25) is 4.79 Å². The van der Waals surface area contributed by atoms with Crippen LogP contribution in [-0.2, 0) is 19.1 Å². The maximum absolute atomic E-state index is 11.3. The van der Waals surface area contributed by atoms with Gasteiger partial charge in [0.1, 0.15) is 5.60 Å². The zero-order valence-corrected chi connectivity index (χ0v) is 10.9. The predicted molar refractivity (Wildman–Crippen MR) is 65.4 cm³/mol. The molecule has 0 fully saturated rings.